The zero-order valence-electron chi connectivity index (χ0n) is 18.5. The molecular weight excluding hydrogens is 607 g/mol. The summed E-state index contributed by atoms with van der Waals surface area (Å²) in [7, 11) is 0. The fourth-order valence-electron chi connectivity index (χ4n) is 4.33. The number of halogens is 9. The third-order valence-electron chi connectivity index (χ3n) is 6.20. The zero-order chi connectivity index (χ0) is 26.3. The van der Waals surface area contributed by atoms with E-state index in [0.717, 1.165) is 43.4 Å². The molecule has 0 spiro atoms. The van der Waals surface area contributed by atoms with Gasteiger partial charge in [0.1, 0.15) is 28.8 Å². The lowest BCUT2D eigenvalue weighted by Crippen LogP contribution is -2.22. The van der Waals surface area contributed by atoms with Gasteiger partial charge in [0.2, 0.25) is 0 Å². The van der Waals surface area contributed by atoms with Gasteiger partial charge in [-0.3, -0.25) is 0 Å². The van der Waals surface area contributed by atoms with Crippen LogP contribution >= 0.6 is 22.6 Å². The van der Waals surface area contributed by atoms with Crippen LogP contribution in [0.25, 0.3) is 11.1 Å². The van der Waals surface area contributed by atoms with E-state index in [1.165, 1.54) is 12.1 Å². The van der Waals surface area contributed by atoms with Crippen molar-refractivity contribution in [2.45, 2.75) is 47.8 Å². The highest BCUT2D eigenvalue weighted by Crippen LogP contribution is 2.39. The maximum absolute atomic E-state index is 14.7. The molecule has 192 valence electrons. The standard InChI is InChI=1S/C26H19F8IO/c27-21-13-17(5-10-20(21)16-11-22(28)24(23(29)12-16)25(30,31)32)26(33,34)36-19-8-3-15(4-9-19)14-1-6-18(35)7-2-14/h3-5,8-14,18H,1-2,6-7H2. The number of alkyl halides is 6. The van der Waals surface area contributed by atoms with Crippen molar-refractivity contribution in [2.24, 2.45) is 0 Å². The van der Waals surface area contributed by atoms with Crippen LogP contribution in [0.4, 0.5) is 35.1 Å². The zero-order valence-corrected chi connectivity index (χ0v) is 20.6. The van der Waals surface area contributed by atoms with Crippen molar-refractivity contribution in [1.82, 2.24) is 0 Å². The van der Waals surface area contributed by atoms with Gasteiger partial charge in [-0.25, -0.2) is 13.2 Å². The summed E-state index contributed by atoms with van der Waals surface area (Å²) in [6, 6.07) is 8.87. The number of benzene rings is 3. The maximum Gasteiger partial charge on any atom is 0.426 e. The summed E-state index contributed by atoms with van der Waals surface area (Å²) in [6.45, 7) is 0. The molecule has 10 heteroatoms. The molecule has 4 rings (SSSR count). The average Bonchev–Trinajstić information content (AvgIpc) is 2.78. The molecule has 0 saturated heterocycles. The van der Waals surface area contributed by atoms with E-state index in [0.29, 0.717) is 28.0 Å². The molecule has 0 bridgehead atoms. The van der Waals surface area contributed by atoms with E-state index in [9.17, 15) is 35.1 Å². The first kappa shape index (κ1) is 26.7. The van der Waals surface area contributed by atoms with Crippen molar-refractivity contribution in [1.29, 1.82) is 0 Å². The van der Waals surface area contributed by atoms with Crippen LogP contribution in [0.1, 0.15) is 48.3 Å². The van der Waals surface area contributed by atoms with Crippen LogP contribution in [-0.2, 0) is 12.3 Å². The second-order valence-corrected chi connectivity index (χ2v) is 10.4. The van der Waals surface area contributed by atoms with Gasteiger partial charge in [0.15, 0.2) is 0 Å². The third kappa shape index (κ3) is 5.78. The second kappa shape index (κ2) is 10.2. The van der Waals surface area contributed by atoms with Crippen molar-refractivity contribution >= 4 is 22.6 Å². The minimum atomic E-state index is -5.29. The van der Waals surface area contributed by atoms with Gasteiger partial charge in [-0.1, -0.05) is 40.8 Å². The molecule has 0 aromatic heterocycles. The Balaban J connectivity index is 1.52. The lowest BCUT2D eigenvalue weighted by Gasteiger charge is -2.26. The molecule has 1 aliphatic carbocycles. The van der Waals surface area contributed by atoms with Crippen molar-refractivity contribution in [3.05, 3.63) is 88.7 Å². The molecule has 36 heavy (non-hydrogen) atoms. The van der Waals surface area contributed by atoms with Gasteiger partial charge in [0, 0.05) is 9.49 Å². The van der Waals surface area contributed by atoms with Crippen LogP contribution in [0.3, 0.4) is 0 Å². The third-order valence-corrected chi connectivity index (χ3v) is 7.44. The number of hydrogen-bond donors (Lipinski definition) is 0. The van der Waals surface area contributed by atoms with Gasteiger partial charge in [-0.2, -0.15) is 22.0 Å². The molecule has 1 saturated carbocycles. The molecular formula is C26H19F8IO. The van der Waals surface area contributed by atoms with Crippen LogP contribution in [0.2, 0.25) is 0 Å². The van der Waals surface area contributed by atoms with E-state index in [-0.39, 0.29) is 5.75 Å². The highest BCUT2D eigenvalue weighted by Gasteiger charge is 2.39. The van der Waals surface area contributed by atoms with E-state index in [4.69, 9.17) is 4.74 Å². The molecule has 0 unspecified atom stereocenters. The molecule has 0 heterocycles. The minimum Gasteiger partial charge on any atom is -0.429 e. The Hall–Kier alpha value is -2.37. The molecule has 1 nitrogen and oxygen atoms in total. The van der Waals surface area contributed by atoms with Gasteiger partial charge in [-0.15, -0.1) is 0 Å². The highest BCUT2D eigenvalue weighted by atomic mass is 127. The monoisotopic (exact) mass is 626 g/mol. The summed E-state index contributed by atoms with van der Waals surface area (Å²) >= 11 is 2.42. The summed E-state index contributed by atoms with van der Waals surface area (Å²) in [5.74, 6) is -4.98. The van der Waals surface area contributed by atoms with Crippen LogP contribution in [-0.4, -0.2) is 3.92 Å². The predicted octanol–water partition coefficient (Wildman–Crippen LogP) is 9.38. The summed E-state index contributed by atoms with van der Waals surface area (Å²) in [5, 5.41) is 0. The summed E-state index contributed by atoms with van der Waals surface area (Å²) in [5.41, 5.74) is -3.08. The normalized spacial score (nSPS) is 18.8. The van der Waals surface area contributed by atoms with E-state index in [2.05, 4.69) is 22.6 Å². The highest BCUT2D eigenvalue weighted by molar-refractivity contribution is 14.1. The lowest BCUT2D eigenvalue weighted by atomic mass is 9.84. The van der Waals surface area contributed by atoms with E-state index in [1.807, 2.05) is 0 Å². The number of rotatable bonds is 5. The molecule has 3 aromatic carbocycles. The lowest BCUT2D eigenvalue weighted by molar-refractivity contribution is -0.185. The van der Waals surface area contributed by atoms with Gasteiger partial charge in [0.05, 0.1) is 5.56 Å². The average molecular weight is 626 g/mol. The fourth-order valence-corrected chi connectivity index (χ4v) is 5.05. The van der Waals surface area contributed by atoms with Crippen LogP contribution in [0, 0.1) is 17.5 Å². The minimum absolute atomic E-state index is 0.136. The summed E-state index contributed by atoms with van der Waals surface area (Å²) < 4.78 is 116. The molecule has 0 aliphatic heterocycles. The SMILES string of the molecule is Fc1cc(C(F)(F)Oc2ccc(C3CCC(I)CC3)cc2)ccc1-c1cc(F)c(C(F)(F)F)c(F)c1. The summed E-state index contributed by atoms with van der Waals surface area (Å²) in [6.07, 6.45) is -5.02. The molecule has 3 aromatic rings. The van der Waals surface area contributed by atoms with E-state index in [1.54, 1.807) is 12.1 Å². The van der Waals surface area contributed by atoms with Crippen molar-refractivity contribution < 1.29 is 39.9 Å². The van der Waals surface area contributed by atoms with Crippen molar-refractivity contribution in [3.63, 3.8) is 0 Å². The molecule has 0 N–H and O–H groups in total. The van der Waals surface area contributed by atoms with E-state index >= 15 is 0 Å². The van der Waals surface area contributed by atoms with E-state index < -0.39 is 52.0 Å². The Bertz CT molecular complexity index is 1210. The van der Waals surface area contributed by atoms with Crippen molar-refractivity contribution in [3.8, 4) is 16.9 Å². The first-order valence-electron chi connectivity index (χ1n) is 11.0. The predicted molar refractivity (Wildman–Crippen MR) is 127 cm³/mol. The Morgan fingerprint density at radius 1 is 0.722 bits per heavy atom. The van der Waals surface area contributed by atoms with Crippen LogP contribution in [0.5, 0.6) is 5.75 Å². The summed E-state index contributed by atoms with van der Waals surface area (Å²) in [4.78, 5) is 0. The maximum atomic E-state index is 14.7. The molecule has 0 atom stereocenters. The quantitative estimate of drug-likeness (QED) is 0.156. The molecule has 0 radical (unpaired) electrons. The van der Waals surface area contributed by atoms with Crippen molar-refractivity contribution in [2.75, 3.05) is 0 Å². The number of ether oxygens (including phenoxy) is 1. The van der Waals surface area contributed by atoms with Gasteiger partial charge in [0.25, 0.3) is 0 Å². The molecule has 0 amide bonds. The second-order valence-electron chi connectivity index (χ2n) is 8.64. The Morgan fingerprint density at radius 2 is 1.31 bits per heavy atom. The van der Waals surface area contributed by atoms with Gasteiger partial charge in [-0.05, 0) is 79.1 Å². The van der Waals surface area contributed by atoms with Gasteiger partial charge >= 0.3 is 12.3 Å². The first-order chi connectivity index (χ1) is 16.8. The van der Waals surface area contributed by atoms with Gasteiger partial charge < -0.3 is 4.74 Å². The van der Waals surface area contributed by atoms with Crippen LogP contribution < -0.4 is 4.74 Å². The number of hydrogen-bond acceptors (Lipinski definition) is 1. The largest absolute Gasteiger partial charge is 0.429 e. The Labute approximate surface area is 215 Å². The molecule has 1 fully saturated rings. The Kier molecular flexibility index (Phi) is 7.55. The first-order valence-corrected chi connectivity index (χ1v) is 12.3. The fraction of sp³-hybridized carbons (Fsp3) is 0.308. The van der Waals surface area contributed by atoms with Crippen LogP contribution in [0.15, 0.2) is 54.6 Å². The molecule has 1 aliphatic rings. The smallest absolute Gasteiger partial charge is 0.426 e. The Morgan fingerprint density at radius 3 is 1.83 bits per heavy atom. The topological polar surface area (TPSA) is 9.23 Å².